The molecule has 0 saturated heterocycles. The molecule has 0 aliphatic rings. The van der Waals surface area contributed by atoms with Crippen molar-refractivity contribution in [3.05, 3.63) is 77.6 Å². The zero-order valence-corrected chi connectivity index (χ0v) is 16.2. The van der Waals surface area contributed by atoms with Crippen molar-refractivity contribution in [2.75, 3.05) is 12.8 Å². The molecule has 0 atom stereocenters. The van der Waals surface area contributed by atoms with Crippen molar-refractivity contribution in [2.24, 2.45) is 0 Å². The Morgan fingerprint density at radius 3 is 2.62 bits per heavy atom. The number of amides is 1. The van der Waals surface area contributed by atoms with E-state index in [1.165, 1.54) is 11.1 Å². The number of aromatic nitrogens is 2. The molecule has 26 heavy (non-hydrogen) atoms. The SMILES string of the molecule is Cc1ccc(SCC(=O)N(C)Cc2cnn(-c3ccccc3)c2)cc1C. The minimum Gasteiger partial charge on any atom is -0.341 e. The highest BCUT2D eigenvalue weighted by Gasteiger charge is 2.11. The molecule has 2 aromatic carbocycles. The summed E-state index contributed by atoms with van der Waals surface area (Å²) in [6, 6.07) is 16.3. The molecule has 1 heterocycles. The third-order valence-electron chi connectivity index (χ3n) is 4.34. The third kappa shape index (κ3) is 4.55. The van der Waals surface area contributed by atoms with Crippen molar-refractivity contribution >= 4 is 17.7 Å². The van der Waals surface area contributed by atoms with Gasteiger partial charge in [0, 0.05) is 30.2 Å². The molecule has 0 N–H and O–H groups in total. The van der Waals surface area contributed by atoms with Gasteiger partial charge in [-0.1, -0.05) is 24.3 Å². The van der Waals surface area contributed by atoms with Crippen LogP contribution in [0.1, 0.15) is 16.7 Å². The van der Waals surface area contributed by atoms with Crippen LogP contribution in [0.25, 0.3) is 5.69 Å². The van der Waals surface area contributed by atoms with E-state index in [4.69, 9.17) is 0 Å². The summed E-state index contributed by atoms with van der Waals surface area (Å²) in [7, 11) is 1.84. The minimum absolute atomic E-state index is 0.112. The van der Waals surface area contributed by atoms with Crippen LogP contribution < -0.4 is 0 Å². The smallest absolute Gasteiger partial charge is 0.232 e. The first-order valence-corrected chi connectivity index (χ1v) is 9.54. The quantitative estimate of drug-likeness (QED) is 0.613. The van der Waals surface area contributed by atoms with Crippen LogP contribution in [-0.2, 0) is 11.3 Å². The number of para-hydroxylation sites is 1. The Hall–Kier alpha value is -2.53. The van der Waals surface area contributed by atoms with E-state index in [9.17, 15) is 4.79 Å². The molecular formula is C21H23N3OS. The summed E-state index contributed by atoms with van der Waals surface area (Å²) in [6.07, 6.45) is 3.78. The number of carbonyl (C=O) groups is 1. The Balaban J connectivity index is 1.56. The highest BCUT2D eigenvalue weighted by molar-refractivity contribution is 8.00. The van der Waals surface area contributed by atoms with Gasteiger partial charge >= 0.3 is 0 Å². The first kappa shape index (κ1) is 18.3. The van der Waals surface area contributed by atoms with E-state index in [0.29, 0.717) is 12.3 Å². The number of carbonyl (C=O) groups excluding carboxylic acids is 1. The number of nitrogens with zero attached hydrogens (tertiary/aromatic N) is 3. The number of benzene rings is 2. The normalized spacial score (nSPS) is 10.7. The molecule has 1 aromatic heterocycles. The molecule has 0 fully saturated rings. The number of hydrogen-bond acceptors (Lipinski definition) is 3. The van der Waals surface area contributed by atoms with Crippen LogP contribution in [0.4, 0.5) is 0 Å². The van der Waals surface area contributed by atoms with Gasteiger partial charge in [0.15, 0.2) is 0 Å². The molecule has 134 valence electrons. The second-order valence-corrected chi connectivity index (χ2v) is 7.46. The maximum atomic E-state index is 12.4. The predicted octanol–water partition coefficient (Wildman–Crippen LogP) is 4.24. The summed E-state index contributed by atoms with van der Waals surface area (Å²) in [4.78, 5) is 15.3. The first-order chi connectivity index (χ1) is 12.5. The Morgan fingerprint density at radius 1 is 1.12 bits per heavy atom. The lowest BCUT2D eigenvalue weighted by Crippen LogP contribution is -2.27. The van der Waals surface area contributed by atoms with Gasteiger partial charge in [-0.05, 0) is 49.2 Å². The van der Waals surface area contributed by atoms with E-state index < -0.39 is 0 Å². The molecule has 0 radical (unpaired) electrons. The summed E-state index contributed by atoms with van der Waals surface area (Å²) in [5.41, 5.74) is 4.55. The van der Waals surface area contributed by atoms with E-state index in [2.05, 4.69) is 37.1 Å². The van der Waals surface area contributed by atoms with Gasteiger partial charge in [0.1, 0.15) is 0 Å². The molecular weight excluding hydrogens is 342 g/mol. The zero-order valence-electron chi connectivity index (χ0n) is 15.3. The summed E-state index contributed by atoms with van der Waals surface area (Å²) >= 11 is 1.58. The summed E-state index contributed by atoms with van der Waals surface area (Å²) < 4.78 is 1.83. The molecule has 4 nitrogen and oxygen atoms in total. The van der Waals surface area contributed by atoms with Gasteiger partial charge < -0.3 is 4.90 Å². The summed E-state index contributed by atoms with van der Waals surface area (Å²) in [5, 5.41) is 4.38. The van der Waals surface area contributed by atoms with Gasteiger partial charge in [-0.3, -0.25) is 4.79 Å². The zero-order chi connectivity index (χ0) is 18.5. The van der Waals surface area contributed by atoms with Gasteiger partial charge in [-0.25, -0.2) is 4.68 Å². The maximum Gasteiger partial charge on any atom is 0.232 e. The average Bonchev–Trinajstić information content (AvgIpc) is 3.11. The molecule has 3 rings (SSSR count). The molecule has 3 aromatic rings. The van der Waals surface area contributed by atoms with Crippen LogP contribution in [0, 0.1) is 13.8 Å². The molecule has 0 aliphatic heterocycles. The van der Waals surface area contributed by atoms with Crippen LogP contribution >= 0.6 is 11.8 Å². The van der Waals surface area contributed by atoms with Crippen molar-refractivity contribution < 1.29 is 4.79 Å². The minimum atomic E-state index is 0.112. The van der Waals surface area contributed by atoms with Gasteiger partial charge in [0.25, 0.3) is 0 Å². The fraction of sp³-hybridized carbons (Fsp3) is 0.238. The van der Waals surface area contributed by atoms with Gasteiger partial charge in [-0.2, -0.15) is 5.10 Å². The lowest BCUT2D eigenvalue weighted by Gasteiger charge is -2.16. The van der Waals surface area contributed by atoms with Crippen LogP contribution in [-0.4, -0.2) is 33.4 Å². The fourth-order valence-electron chi connectivity index (χ4n) is 2.58. The highest BCUT2D eigenvalue weighted by atomic mass is 32.2. The Bertz CT molecular complexity index is 889. The van der Waals surface area contributed by atoms with Crippen molar-refractivity contribution in [3.63, 3.8) is 0 Å². The molecule has 0 saturated carbocycles. The van der Waals surface area contributed by atoms with Crippen LogP contribution in [0.2, 0.25) is 0 Å². The third-order valence-corrected chi connectivity index (χ3v) is 5.32. The number of thioether (sulfide) groups is 1. The number of hydrogen-bond donors (Lipinski definition) is 0. The van der Waals surface area contributed by atoms with E-state index >= 15 is 0 Å². The van der Waals surface area contributed by atoms with Gasteiger partial charge in [0.2, 0.25) is 5.91 Å². The molecule has 0 spiro atoms. The van der Waals surface area contributed by atoms with Crippen molar-refractivity contribution in [1.82, 2.24) is 14.7 Å². The lowest BCUT2D eigenvalue weighted by atomic mass is 10.1. The van der Waals surface area contributed by atoms with E-state index in [-0.39, 0.29) is 5.91 Å². The number of aryl methyl sites for hydroxylation is 2. The predicted molar refractivity (Wildman–Crippen MR) is 107 cm³/mol. The average molecular weight is 366 g/mol. The first-order valence-electron chi connectivity index (χ1n) is 8.56. The Kier molecular flexibility index (Phi) is 5.78. The molecule has 1 amide bonds. The highest BCUT2D eigenvalue weighted by Crippen LogP contribution is 2.21. The van der Waals surface area contributed by atoms with Crippen LogP contribution in [0.3, 0.4) is 0 Å². The molecule has 0 aliphatic carbocycles. The van der Waals surface area contributed by atoms with Gasteiger partial charge in [-0.15, -0.1) is 11.8 Å². The largest absolute Gasteiger partial charge is 0.341 e. The van der Waals surface area contributed by atoms with Crippen molar-refractivity contribution in [1.29, 1.82) is 0 Å². The maximum absolute atomic E-state index is 12.4. The Labute approximate surface area is 158 Å². The number of rotatable bonds is 6. The van der Waals surface area contributed by atoms with Crippen molar-refractivity contribution in [2.45, 2.75) is 25.3 Å². The second-order valence-electron chi connectivity index (χ2n) is 6.41. The van der Waals surface area contributed by atoms with Crippen LogP contribution in [0.5, 0.6) is 0 Å². The monoisotopic (exact) mass is 365 g/mol. The molecule has 0 unspecified atom stereocenters. The van der Waals surface area contributed by atoms with E-state index in [1.54, 1.807) is 16.7 Å². The lowest BCUT2D eigenvalue weighted by molar-refractivity contribution is -0.127. The summed E-state index contributed by atoms with van der Waals surface area (Å²) in [6.45, 7) is 4.75. The Morgan fingerprint density at radius 2 is 1.88 bits per heavy atom. The topological polar surface area (TPSA) is 38.1 Å². The fourth-order valence-corrected chi connectivity index (χ4v) is 3.52. The summed E-state index contributed by atoms with van der Waals surface area (Å²) in [5.74, 6) is 0.548. The van der Waals surface area contributed by atoms with Gasteiger partial charge in [0.05, 0.1) is 17.6 Å². The standard InChI is InChI=1S/C21H23N3OS/c1-16-9-10-20(11-17(16)2)26-15-21(25)23(3)13-18-12-22-24(14-18)19-7-5-4-6-8-19/h4-12,14H,13,15H2,1-3H3. The van der Waals surface area contributed by atoms with E-state index in [0.717, 1.165) is 16.1 Å². The molecule has 0 bridgehead atoms. The van der Waals surface area contributed by atoms with Crippen molar-refractivity contribution in [3.8, 4) is 5.69 Å². The molecule has 5 heteroatoms. The van der Waals surface area contributed by atoms with Crippen LogP contribution in [0.15, 0.2) is 65.8 Å². The van der Waals surface area contributed by atoms with E-state index in [1.807, 2.05) is 54.5 Å². The second kappa shape index (κ2) is 8.23.